The van der Waals surface area contributed by atoms with Gasteiger partial charge in [-0.3, -0.25) is 0 Å². The van der Waals surface area contributed by atoms with Crippen molar-refractivity contribution in [2.75, 3.05) is 9.80 Å². The Morgan fingerprint density at radius 2 is 0.852 bits per heavy atom. The highest BCUT2D eigenvalue weighted by molar-refractivity contribution is 5.80. The molecule has 0 spiro atoms. The number of fused-ring (bicyclic) bond motifs is 1. The second-order valence-electron chi connectivity index (χ2n) is 15.8. The minimum absolute atomic E-state index is 0.0754. The third-order valence-corrected chi connectivity index (χ3v) is 11.3. The van der Waals surface area contributed by atoms with Crippen molar-refractivity contribution in [3.63, 3.8) is 0 Å². The van der Waals surface area contributed by atoms with E-state index in [1.807, 2.05) is 0 Å². The van der Waals surface area contributed by atoms with Crippen LogP contribution in [-0.4, -0.2) is 0 Å². The molecule has 2 heteroatoms. The molecule has 2 nitrogen and oxygen atoms in total. The van der Waals surface area contributed by atoms with E-state index in [9.17, 15) is 0 Å². The molecule has 0 aromatic heterocycles. The summed E-state index contributed by atoms with van der Waals surface area (Å²) in [6.07, 6.45) is 0. The van der Waals surface area contributed by atoms with Crippen LogP contribution in [0.1, 0.15) is 87.2 Å². The number of para-hydroxylation sites is 1. The van der Waals surface area contributed by atoms with Crippen LogP contribution in [0.3, 0.4) is 0 Å². The van der Waals surface area contributed by atoms with Crippen LogP contribution in [0.4, 0.5) is 22.7 Å². The fourth-order valence-corrected chi connectivity index (χ4v) is 8.53. The first-order chi connectivity index (χ1) is 26.2. The minimum Gasteiger partial charge on any atom is -0.351 e. The van der Waals surface area contributed by atoms with E-state index in [0.29, 0.717) is 11.8 Å². The molecule has 0 saturated carbocycles. The molecule has 0 amide bonds. The summed E-state index contributed by atoms with van der Waals surface area (Å²) in [5, 5.41) is 0. The van der Waals surface area contributed by atoms with Crippen LogP contribution in [0.5, 0.6) is 0 Å². The lowest BCUT2D eigenvalue weighted by Gasteiger charge is -2.42. The quantitative estimate of drug-likeness (QED) is 0.148. The van der Waals surface area contributed by atoms with Gasteiger partial charge in [0.2, 0.25) is 0 Å². The summed E-state index contributed by atoms with van der Waals surface area (Å²) >= 11 is 0. The van der Waals surface area contributed by atoms with Gasteiger partial charge in [0.25, 0.3) is 0 Å². The van der Waals surface area contributed by atoms with Crippen LogP contribution in [0.2, 0.25) is 0 Å². The number of hydrogen-bond acceptors (Lipinski definition) is 2. The standard InChI is InChI=1S/C52H50N2/c1-36(2)46-21-15-22-47(37(3)4)51(46)54-50(48-20-13-14-23-49(48)52(54,5)6)42-28-34-45(35-29-42)53(43-30-24-40(25-31-43)38-16-9-7-10-17-38)44-32-26-41(27-33-44)39-18-11-8-12-19-39/h7-37,50H,1-6H3. The summed E-state index contributed by atoms with van der Waals surface area (Å²) < 4.78 is 0. The average molecular weight is 703 g/mol. The molecule has 0 fully saturated rings. The van der Waals surface area contributed by atoms with Gasteiger partial charge in [0.05, 0.1) is 11.6 Å². The smallest absolute Gasteiger partial charge is 0.0808 e. The largest absolute Gasteiger partial charge is 0.351 e. The second-order valence-corrected chi connectivity index (χ2v) is 15.8. The summed E-state index contributed by atoms with van der Waals surface area (Å²) in [7, 11) is 0. The molecule has 7 aromatic rings. The molecular weight excluding hydrogens is 653 g/mol. The molecule has 54 heavy (non-hydrogen) atoms. The number of rotatable bonds is 9. The Hall–Kier alpha value is -5.86. The van der Waals surface area contributed by atoms with E-state index in [1.165, 1.54) is 55.8 Å². The molecule has 0 N–H and O–H groups in total. The van der Waals surface area contributed by atoms with Gasteiger partial charge in [-0.25, -0.2) is 0 Å². The number of anilines is 4. The molecule has 268 valence electrons. The third-order valence-electron chi connectivity index (χ3n) is 11.3. The SMILES string of the molecule is CC(C)c1cccc(C(C)C)c1N1C(c2ccc(N(c3ccc(-c4ccccc4)cc3)c3ccc(-c4ccccc4)cc3)cc2)c2ccccc2C1(C)C. The maximum Gasteiger partial charge on any atom is 0.0808 e. The molecule has 8 rings (SSSR count). The summed E-state index contributed by atoms with van der Waals surface area (Å²) in [5.74, 6) is 0.799. The van der Waals surface area contributed by atoms with E-state index in [0.717, 1.165) is 17.1 Å². The number of nitrogens with zero attached hydrogens (tertiary/aromatic N) is 2. The van der Waals surface area contributed by atoms with Crippen LogP contribution in [0, 0.1) is 0 Å². The Morgan fingerprint density at radius 1 is 0.444 bits per heavy atom. The molecule has 1 atom stereocenters. The van der Waals surface area contributed by atoms with Crippen molar-refractivity contribution < 1.29 is 0 Å². The van der Waals surface area contributed by atoms with Gasteiger partial charge in [-0.15, -0.1) is 0 Å². The topological polar surface area (TPSA) is 6.48 Å². The van der Waals surface area contributed by atoms with Crippen molar-refractivity contribution in [2.24, 2.45) is 0 Å². The van der Waals surface area contributed by atoms with E-state index in [1.54, 1.807) is 0 Å². The highest BCUT2D eigenvalue weighted by Gasteiger charge is 2.46. The predicted molar refractivity (Wildman–Crippen MR) is 230 cm³/mol. The molecule has 0 saturated heterocycles. The highest BCUT2D eigenvalue weighted by atomic mass is 15.3. The molecule has 1 unspecified atom stereocenters. The predicted octanol–water partition coefficient (Wildman–Crippen LogP) is 14.6. The monoisotopic (exact) mass is 702 g/mol. The fraction of sp³-hybridized carbons (Fsp3) is 0.192. The lowest BCUT2D eigenvalue weighted by atomic mass is 9.88. The Labute approximate surface area is 322 Å². The van der Waals surface area contributed by atoms with Gasteiger partial charge in [0, 0.05) is 22.7 Å². The lowest BCUT2D eigenvalue weighted by Crippen LogP contribution is -2.39. The van der Waals surface area contributed by atoms with Crippen molar-refractivity contribution in [3.05, 3.63) is 204 Å². The van der Waals surface area contributed by atoms with Gasteiger partial charge >= 0.3 is 0 Å². The van der Waals surface area contributed by atoms with Gasteiger partial charge in [0.1, 0.15) is 0 Å². The van der Waals surface area contributed by atoms with Crippen LogP contribution < -0.4 is 9.80 Å². The van der Waals surface area contributed by atoms with E-state index in [-0.39, 0.29) is 11.6 Å². The summed E-state index contributed by atoms with van der Waals surface area (Å²) in [4.78, 5) is 5.11. The first-order valence-corrected chi connectivity index (χ1v) is 19.4. The maximum absolute atomic E-state index is 2.74. The molecule has 1 aliphatic heterocycles. The molecule has 1 aliphatic rings. The zero-order chi connectivity index (χ0) is 37.4. The Bertz CT molecular complexity index is 2230. The zero-order valence-corrected chi connectivity index (χ0v) is 32.4. The van der Waals surface area contributed by atoms with Crippen molar-refractivity contribution in [3.8, 4) is 22.3 Å². The Kier molecular flexibility index (Phi) is 9.46. The first kappa shape index (κ1) is 35.2. The van der Waals surface area contributed by atoms with Crippen LogP contribution >= 0.6 is 0 Å². The molecule has 0 bridgehead atoms. The summed E-state index contributed by atoms with van der Waals surface area (Å²) in [6, 6.07) is 64.6. The Balaban J connectivity index is 1.24. The van der Waals surface area contributed by atoms with E-state index in [4.69, 9.17) is 0 Å². The van der Waals surface area contributed by atoms with Gasteiger partial charge < -0.3 is 9.80 Å². The molecule has 0 radical (unpaired) electrons. The Morgan fingerprint density at radius 3 is 1.31 bits per heavy atom. The van der Waals surface area contributed by atoms with Gasteiger partial charge in [0.15, 0.2) is 0 Å². The maximum atomic E-state index is 2.74. The van der Waals surface area contributed by atoms with E-state index >= 15 is 0 Å². The highest BCUT2D eigenvalue weighted by Crippen LogP contribution is 2.54. The van der Waals surface area contributed by atoms with Crippen LogP contribution in [0.15, 0.2) is 176 Å². The first-order valence-electron chi connectivity index (χ1n) is 19.4. The normalized spacial score (nSPS) is 14.7. The molecule has 7 aromatic carbocycles. The van der Waals surface area contributed by atoms with Crippen LogP contribution in [0.25, 0.3) is 22.3 Å². The minimum atomic E-state index is -0.207. The van der Waals surface area contributed by atoms with E-state index < -0.39 is 0 Å². The zero-order valence-electron chi connectivity index (χ0n) is 32.4. The molecule has 0 aliphatic carbocycles. The summed E-state index contributed by atoms with van der Waals surface area (Å²) in [5.41, 5.74) is 16.3. The molecular formula is C52H50N2. The number of benzene rings is 7. The van der Waals surface area contributed by atoms with Crippen molar-refractivity contribution in [1.29, 1.82) is 0 Å². The number of hydrogen-bond donors (Lipinski definition) is 0. The molecule has 1 heterocycles. The average Bonchev–Trinajstić information content (AvgIpc) is 3.45. The van der Waals surface area contributed by atoms with Crippen LogP contribution in [-0.2, 0) is 5.54 Å². The second kappa shape index (κ2) is 14.5. The lowest BCUT2D eigenvalue weighted by molar-refractivity contribution is 0.491. The van der Waals surface area contributed by atoms with Gasteiger partial charge in [-0.1, -0.05) is 167 Å². The van der Waals surface area contributed by atoms with Gasteiger partial charge in [-0.2, -0.15) is 0 Å². The van der Waals surface area contributed by atoms with E-state index in [2.05, 4.69) is 227 Å². The van der Waals surface area contributed by atoms with Gasteiger partial charge in [-0.05, 0) is 112 Å². The van der Waals surface area contributed by atoms with Crippen molar-refractivity contribution in [2.45, 2.75) is 65.0 Å². The van der Waals surface area contributed by atoms with Crippen molar-refractivity contribution >= 4 is 22.7 Å². The fourth-order valence-electron chi connectivity index (χ4n) is 8.53. The third kappa shape index (κ3) is 6.41. The summed E-state index contributed by atoms with van der Waals surface area (Å²) in [6.45, 7) is 14.1. The van der Waals surface area contributed by atoms with Crippen molar-refractivity contribution in [1.82, 2.24) is 0 Å².